The molecule has 4 aromatic rings. The number of amides is 1. The van der Waals surface area contributed by atoms with E-state index in [1.165, 1.54) is 6.20 Å². The fourth-order valence-electron chi connectivity index (χ4n) is 3.45. The van der Waals surface area contributed by atoms with E-state index in [0.717, 1.165) is 21.6 Å². The maximum Gasteiger partial charge on any atom is 0.280 e. The number of hydrogen-bond acceptors (Lipinski definition) is 5. The molecule has 2 heterocycles. The van der Waals surface area contributed by atoms with Gasteiger partial charge in [-0.2, -0.15) is 4.68 Å². The number of fused-ring (bicyclic) bond motifs is 1. The smallest absolute Gasteiger partial charge is 0.280 e. The van der Waals surface area contributed by atoms with Crippen molar-refractivity contribution in [1.29, 1.82) is 0 Å². The molecule has 0 aliphatic heterocycles. The Labute approximate surface area is 185 Å². The second-order valence-electron chi connectivity index (χ2n) is 7.85. The SMILES string of the molecule is Cc1ccc(OCc2nc3ccccc3c(=O)n2NC(=O)c2cccnc2)c(C(C)C)c1. The Morgan fingerprint density at radius 2 is 1.94 bits per heavy atom. The van der Waals surface area contributed by atoms with Crippen LogP contribution < -0.4 is 15.7 Å². The molecule has 0 unspecified atom stereocenters. The number of hydrogen-bond donors (Lipinski definition) is 1. The Morgan fingerprint density at radius 1 is 1.12 bits per heavy atom. The Hall–Kier alpha value is -4.00. The van der Waals surface area contributed by atoms with Crippen LogP contribution in [0.25, 0.3) is 10.9 Å². The van der Waals surface area contributed by atoms with Crippen LogP contribution in [0, 0.1) is 6.92 Å². The highest BCUT2D eigenvalue weighted by Crippen LogP contribution is 2.28. The van der Waals surface area contributed by atoms with Gasteiger partial charge in [-0.3, -0.25) is 20.0 Å². The molecule has 0 aliphatic rings. The highest BCUT2D eigenvalue weighted by molar-refractivity contribution is 5.99. The number of para-hydroxylation sites is 1. The van der Waals surface area contributed by atoms with Crippen LogP contribution in [0.5, 0.6) is 5.75 Å². The van der Waals surface area contributed by atoms with E-state index >= 15 is 0 Å². The lowest BCUT2D eigenvalue weighted by Crippen LogP contribution is -2.37. The molecule has 7 nitrogen and oxygen atoms in total. The van der Waals surface area contributed by atoms with Crippen LogP contribution in [0.2, 0.25) is 0 Å². The van der Waals surface area contributed by atoms with Gasteiger partial charge < -0.3 is 4.74 Å². The van der Waals surface area contributed by atoms with Gasteiger partial charge in [0.05, 0.1) is 16.5 Å². The molecule has 0 atom stereocenters. The molecule has 0 fully saturated rings. The van der Waals surface area contributed by atoms with Crippen LogP contribution in [0.4, 0.5) is 0 Å². The van der Waals surface area contributed by atoms with Gasteiger partial charge in [-0.15, -0.1) is 0 Å². The molecule has 32 heavy (non-hydrogen) atoms. The second-order valence-corrected chi connectivity index (χ2v) is 7.85. The quantitative estimate of drug-likeness (QED) is 0.498. The van der Waals surface area contributed by atoms with Crippen LogP contribution in [-0.4, -0.2) is 20.6 Å². The molecule has 2 aromatic heterocycles. The molecule has 162 valence electrons. The van der Waals surface area contributed by atoms with E-state index in [0.29, 0.717) is 22.3 Å². The highest BCUT2D eigenvalue weighted by Gasteiger charge is 2.16. The van der Waals surface area contributed by atoms with E-state index in [4.69, 9.17) is 4.74 Å². The molecule has 0 aliphatic carbocycles. The first kappa shape index (κ1) is 21.2. The number of aryl methyl sites for hydroxylation is 1. The van der Waals surface area contributed by atoms with Crippen molar-refractivity contribution in [3.05, 3.63) is 99.9 Å². The summed E-state index contributed by atoms with van der Waals surface area (Å²) in [5, 5.41) is 0.404. The Bertz CT molecular complexity index is 1330. The monoisotopic (exact) mass is 428 g/mol. The third kappa shape index (κ3) is 4.37. The fraction of sp³-hybridized carbons (Fsp3) is 0.200. The van der Waals surface area contributed by atoms with Crippen molar-refractivity contribution in [2.45, 2.75) is 33.3 Å². The Kier molecular flexibility index (Phi) is 5.98. The fourth-order valence-corrected chi connectivity index (χ4v) is 3.45. The van der Waals surface area contributed by atoms with Gasteiger partial charge in [0.2, 0.25) is 0 Å². The molecular weight excluding hydrogens is 404 g/mol. The predicted molar refractivity (Wildman–Crippen MR) is 124 cm³/mol. The Balaban J connectivity index is 1.73. The number of nitrogens with one attached hydrogen (secondary N) is 1. The minimum Gasteiger partial charge on any atom is -0.485 e. The van der Waals surface area contributed by atoms with Crippen molar-refractivity contribution in [2.75, 3.05) is 5.43 Å². The summed E-state index contributed by atoms with van der Waals surface area (Å²) >= 11 is 0. The molecule has 7 heteroatoms. The van der Waals surface area contributed by atoms with Gasteiger partial charge in [-0.1, -0.05) is 43.7 Å². The largest absolute Gasteiger partial charge is 0.485 e. The van der Waals surface area contributed by atoms with Crippen LogP contribution in [-0.2, 0) is 6.61 Å². The van der Waals surface area contributed by atoms with Crippen molar-refractivity contribution in [3.63, 3.8) is 0 Å². The van der Waals surface area contributed by atoms with E-state index < -0.39 is 5.91 Å². The van der Waals surface area contributed by atoms with Gasteiger partial charge in [-0.05, 0) is 48.7 Å². The minimum atomic E-state index is -0.461. The lowest BCUT2D eigenvalue weighted by molar-refractivity contribution is 0.100. The van der Waals surface area contributed by atoms with Gasteiger partial charge >= 0.3 is 0 Å². The first-order valence-corrected chi connectivity index (χ1v) is 10.4. The van der Waals surface area contributed by atoms with E-state index in [9.17, 15) is 9.59 Å². The number of pyridine rings is 1. The summed E-state index contributed by atoms with van der Waals surface area (Å²) in [7, 11) is 0. The summed E-state index contributed by atoms with van der Waals surface area (Å²) in [6.07, 6.45) is 3.01. The van der Waals surface area contributed by atoms with Gasteiger partial charge in [0.15, 0.2) is 5.82 Å². The number of benzene rings is 2. The van der Waals surface area contributed by atoms with Crippen molar-refractivity contribution < 1.29 is 9.53 Å². The first-order chi connectivity index (χ1) is 15.4. The summed E-state index contributed by atoms with van der Waals surface area (Å²) in [5.74, 6) is 0.818. The average Bonchev–Trinajstić information content (AvgIpc) is 2.80. The normalized spacial score (nSPS) is 11.0. The standard InChI is InChI=1S/C25H24N4O3/c1-16(2)20-13-17(3)10-11-22(20)32-15-23-27-21-9-5-4-8-19(21)25(31)29(23)28-24(30)18-7-6-12-26-14-18/h4-14,16H,15H2,1-3H3,(H,28,30). The molecule has 1 N–H and O–H groups in total. The van der Waals surface area contributed by atoms with Crippen LogP contribution in [0.15, 0.2) is 71.8 Å². The van der Waals surface area contributed by atoms with E-state index in [1.807, 2.05) is 25.1 Å². The number of carbonyl (C=O) groups is 1. The maximum atomic E-state index is 13.2. The lowest BCUT2D eigenvalue weighted by Gasteiger charge is -2.17. The summed E-state index contributed by atoms with van der Waals surface area (Å²) in [6.45, 7) is 6.24. The van der Waals surface area contributed by atoms with Gasteiger partial charge in [0, 0.05) is 12.4 Å². The Morgan fingerprint density at radius 3 is 2.69 bits per heavy atom. The molecule has 0 radical (unpaired) electrons. The van der Waals surface area contributed by atoms with Crippen molar-refractivity contribution in [1.82, 2.24) is 14.6 Å². The molecule has 0 saturated carbocycles. The number of aromatic nitrogens is 3. The lowest BCUT2D eigenvalue weighted by atomic mass is 10.00. The molecule has 0 saturated heterocycles. The zero-order valence-corrected chi connectivity index (χ0v) is 18.2. The predicted octanol–water partition coefficient (Wildman–Crippen LogP) is 4.19. The summed E-state index contributed by atoms with van der Waals surface area (Å²) < 4.78 is 7.24. The van der Waals surface area contributed by atoms with Crippen LogP contribution >= 0.6 is 0 Å². The van der Waals surface area contributed by atoms with Crippen molar-refractivity contribution in [2.24, 2.45) is 0 Å². The van der Waals surface area contributed by atoms with Gasteiger partial charge in [0.25, 0.3) is 11.5 Å². The summed E-state index contributed by atoms with van der Waals surface area (Å²) in [6, 6.07) is 16.3. The molecule has 1 amide bonds. The molecule has 0 bridgehead atoms. The third-order valence-corrected chi connectivity index (χ3v) is 5.13. The second kappa shape index (κ2) is 9.01. The molecule has 4 rings (SSSR count). The zero-order chi connectivity index (χ0) is 22.7. The number of rotatable bonds is 6. The third-order valence-electron chi connectivity index (χ3n) is 5.13. The minimum absolute atomic E-state index is 0.0101. The van der Waals surface area contributed by atoms with Gasteiger partial charge in [-0.25, -0.2) is 4.98 Å². The number of nitrogens with zero attached hydrogens (tertiary/aromatic N) is 3. The highest BCUT2D eigenvalue weighted by atomic mass is 16.5. The van der Waals surface area contributed by atoms with Gasteiger partial charge in [0.1, 0.15) is 12.4 Å². The zero-order valence-electron chi connectivity index (χ0n) is 18.2. The summed E-state index contributed by atoms with van der Waals surface area (Å²) in [5.41, 5.74) is 5.36. The van der Waals surface area contributed by atoms with E-state index in [-0.39, 0.29) is 18.1 Å². The number of ether oxygens (including phenoxy) is 1. The topological polar surface area (TPSA) is 86.1 Å². The first-order valence-electron chi connectivity index (χ1n) is 10.4. The van der Waals surface area contributed by atoms with E-state index in [1.54, 1.807) is 36.5 Å². The maximum absolute atomic E-state index is 13.2. The van der Waals surface area contributed by atoms with Crippen LogP contribution in [0.1, 0.15) is 47.1 Å². The van der Waals surface area contributed by atoms with E-state index in [2.05, 4.69) is 35.3 Å². The molecular formula is C25H24N4O3. The average molecular weight is 428 g/mol. The van der Waals surface area contributed by atoms with Crippen LogP contribution in [0.3, 0.4) is 0 Å². The van der Waals surface area contributed by atoms with Crippen molar-refractivity contribution >= 4 is 16.8 Å². The molecule has 0 spiro atoms. The molecule has 2 aromatic carbocycles. The van der Waals surface area contributed by atoms with Crippen molar-refractivity contribution in [3.8, 4) is 5.75 Å². The summed E-state index contributed by atoms with van der Waals surface area (Å²) in [4.78, 5) is 34.5. The number of carbonyl (C=O) groups excluding carboxylic acids is 1.